The summed E-state index contributed by atoms with van der Waals surface area (Å²) in [6.07, 6.45) is 5.08. The minimum absolute atomic E-state index is 0.0910. The van der Waals surface area contributed by atoms with Crippen molar-refractivity contribution in [2.24, 2.45) is 0 Å². The van der Waals surface area contributed by atoms with E-state index in [2.05, 4.69) is 22.5 Å². The van der Waals surface area contributed by atoms with Crippen LogP contribution in [0.1, 0.15) is 18.2 Å². The van der Waals surface area contributed by atoms with Gasteiger partial charge in [0.25, 0.3) is 0 Å². The lowest BCUT2D eigenvalue weighted by Gasteiger charge is -2.34. The number of sulfonamides is 1. The molecule has 0 aliphatic carbocycles. The lowest BCUT2D eigenvalue weighted by atomic mass is 10.2. The number of imidazole rings is 1. The van der Waals surface area contributed by atoms with Crippen molar-refractivity contribution < 1.29 is 12.8 Å². The summed E-state index contributed by atoms with van der Waals surface area (Å²) in [6, 6.07) is 6.43. The van der Waals surface area contributed by atoms with Gasteiger partial charge < -0.3 is 4.57 Å². The molecule has 0 saturated carbocycles. The number of rotatable bonds is 6. The Hall–Kier alpha value is -1.68. The normalized spacial score (nSPS) is 17.4. The van der Waals surface area contributed by atoms with Crippen LogP contribution in [0.5, 0.6) is 0 Å². The van der Waals surface area contributed by atoms with Gasteiger partial charge in [0.2, 0.25) is 10.0 Å². The van der Waals surface area contributed by atoms with Gasteiger partial charge in [0.1, 0.15) is 10.1 Å². The van der Waals surface area contributed by atoms with E-state index in [1.807, 2.05) is 10.8 Å². The van der Waals surface area contributed by atoms with Crippen molar-refractivity contribution in [3.8, 4) is 0 Å². The first-order valence-corrected chi connectivity index (χ1v) is 10.6. The molecule has 0 amide bonds. The minimum atomic E-state index is -3.47. The Labute approximate surface area is 164 Å². The van der Waals surface area contributed by atoms with E-state index in [1.165, 1.54) is 22.5 Å². The molecule has 0 atom stereocenters. The van der Waals surface area contributed by atoms with Gasteiger partial charge in [-0.15, -0.1) is 12.6 Å². The molecule has 1 aliphatic rings. The number of aromatic nitrogens is 2. The van der Waals surface area contributed by atoms with E-state index in [0.717, 1.165) is 11.3 Å². The Morgan fingerprint density at radius 2 is 1.85 bits per heavy atom. The predicted molar refractivity (Wildman–Crippen MR) is 106 cm³/mol. The molecule has 0 N–H and O–H groups in total. The summed E-state index contributed by atoms with van der Waals surface area (Å²) in [4.78, 5) is 6.43. The van der Waals surface area contributed by atoms with Crippen LogP contribution in [0.3, 0.4) is 0 Å². The molecule has 146 valence electrons. The number of nitrogens with zero attached hydrogens (tertiary/aromatic N) is 4. The maximum Gasteiger partial charge on any atom is 0.248 e. The molecule has 1 aromatic carbocycles. The quantitative estimate of drug-likeness (QED) is 0.743. The van der Waals surface area contributed by atoms with Gasteiger partial charge in [-0.1, -0.05) is 18.2 Å². The van der Waals surface area contributed by atoms with Crippen LogP contribution in [0.25, 0.3) is 0 Å². The molecular weight excluding hydrogens is 387 g/mol. The highest BCUT2D eigenvalue weighted by Crippen LogP contribution is 2.19. The van der Waals surface area contributed by atoms with Crippen LogP contribution < -0.4 is 0 Å². The molecule has 3 rings (SSSR count). The average Bonchev–Trinajstić information content (AvgIpc) is 3.10. The molecule has 1 fully saturated rings. The summed E-state index contributed by atoms with van der Waals surface area (Å²) in [5, 5.41) is 0. The van der Waals surface area contributed by atoms with Crippen LogP contribution in [0.4, 0.5) is 4.39 Å². The Bertz CT molecular complexity index is 902. The largest absolute Gasteiger partial charge is 0.329 e. The van der Waals surface area contributed by atoms with E-state index in [9.17, 15) is 12.8 Å². The number of hydrogen-bond acceptors (Lipinski definition) is 5. The third-order valence-corrected chi connectivity index (χ3v) is 7.39. The highest BCUT2D eigenvalue weighted by molar-refractivity contribution is 8.09. The number of allylic oxidation sites excluding steroid dienone is 1. The van der Waals surface area contributed by atoms with E-state index in [4.69, 9.17) is 0 Å². The van der Waals surface area contributed by atoms with Gasteiger partial charge in [-0.05, 0) is 24.6 Å². The number of halogens is 1. The Morgan fingerprint density at radius 3 is 2.48 bits per heavy atom. The summed E-state index contributed by atoms with van der Waals surface area (Å²) >= 11 is 4.06. The van der Waals surface area contributed by atoms with Gasteiger partial charge in [0.15, 0.2) is 0 Å². The van der Waals surface area contributed by atoms with E-state index >= 15 is 0 Å². The Balaban J connectivity index is 1.60. The lowest BCUT2D eigenvalue weighted by molar-refractivity contribution is 0.179. The third kappa shape index (κ3) is 4.78. The van der Waals surface area contributed by atoms with E-state index in [1.54, 1.807) is 25.4 Å². The van der Waals surface area contributed by atoms with Gasteiger partial charge >= 0.3 is 0 Å². The van der Waals surface area contributed by atoms with Gasteiger partial charge in [-0.25, -0.2) is 17.8 Å². The Kier molecular flexibility index (Phi) is 6.36. The van der Waals surface area contributed by atoms with Crippen LogP contribution in [0, 0.1) is 5.82 Å². The zero-order chi connectivity index (χ0) is 19.4. The molecule has 0 radical (unpaired) electrons. The Morgan fingerprint density at radius 1 is 1.19 bits per heavy atom. The van der Waals surface area contributed by atoms with Crippen LogP contribution in [0.2, 0.25) is 0 Å². The summed E-state index contributed by atoms with van der Waals surface area (Å²) in [6.45, 7) is 5.13. The monoisotopic (exact) mass is 410 g/mol. The molecule has 1 aromatic heterocycles. The molecule has 2 aromatic rings. The molecule has 0 unspecified atom stereocenters. The lowest BCUT2D eigenvalue weighted by Crippen LogP contribution is -2.48. The molecule has 0 bridgehead atoms. The van der Waals surface area contributed by atoms with Crippen molar-refractivity contribution in [2.75, 3.05) is 26.2 Å². The SMILES string of the molecule is C/C=C(\S)S(=O)(=O)N1CCN(Cc2cncn2Cc2ccc(F)cc2)CC1. The number of hydrogen-bond donors (Lipinski definition) is 1. The van der Waals surface area contributed by atoms with Crippen molar-refractivity contribution in [1.82, 2.24) is 18.8 Å². The van der Waals surface area contributed by atoms with Crippen molar-refractivity contribution >= 4 is 22.7 Å². The number of benzene rings is 1. The van der Waals surface area contributed by atoms with Gasteiger partial charge in [-0.2, -0.15) is 4.31 Å². The standard InChI is InChI=1S/C18H23FN4O2S2/c1-2-18(26)27(24,25)23-9-7-21(8-10-23)13-17-11-20-14-22(17)12-15-3-5-16(19)6-4-15/h2-6,11,14,26H,7-10,12-13H2,1H3/b18-2+. The van der Waals surface area contributed by atoms with Gasteiger partial charge in [0.05, 0.1) is 12.0 Å². The second kappa shape index (κ2) is 8.55. The van der Waals surface area contributed by atoms with Gasteiger partial charge in [-0.3, -0.25) is 4.90 Å². The van der Waals surface area contributed by atoms with E-state index in [0.29, 0.717) is 39.3 Å². The first-order valence-electron chi connectivity index (χ1n) is 8.71. The molecule has 1 aliphatic heterocycles. The minimum Gasteiger partial charge on any atom is -0.329 e. The first-order chi connectivity index (χ1) is 12.9. The van der Waals surface area contributed by atoms with Crippen LogP contribution in [-0.4, -0.2) is 53.4 Å². The average molecular weight is 411 g/mol. The van der Waals surface area contributed by atoms with Crippen LogP contribution in [0.15, 0.2) is 47.1 Å². The van der Waals surface area contributed by atoms with Gasteiger partial charge in [0, 0.05) is 45.5 Å². The smallest absolute Gasteiger partial charge is 0.248 e. The first kappa shape index (κ1) is 20.1. The fourth-order valence-electron chi connectivity index (χ4n) is 3.05. The zero-order valence-corrected chi connectivity index (χ0v) is 16.8. The molecule has 9 heteroatoms. The summed E-state index contributed by atoms with van der Waals surface area (Å²) in [7, 11) is -3.47. The van der Waals surface area contributed by atoms with Crippen LogP contribution >= 0.6 is 12.6 Å². The van der Waals surface area contributed by atoms with Crippen molar-refractivity contribution in [2.45, 2.75) is 20.0 Å². The van der Waals surface area contributed by atoms with E-state index in [-0.39, 0.29) is 10.1 Å². The molecule has 6 nitrogen and oxygen atoms in total. The molecule has 27 heavy (non-hydrogen) atoms. The topological polar surface area (TPSA) is 58.4 Å². The summed E-state index contributed by atoms with van der Waals surface area (Å²) in [5.41, 5.74) is 2.04. The summed E-state index contributed by atoms with van der Waals surface area (Å²) in [5.74, 6) is -0.250. The van der Waals surface area contributed by atoms with Crippen molar-refractivity contribution in [3.63, 3.8) is 0 Å². The molecule has 2 heterocycles. The predicted octanol–water partition coefficient (Wildman–Crippen LogP) is 2.31. The molecular formula is C18H23FN4O2S2. The maximum absolute atomic E-state index is 13.1. The van der Waals surface area contributed by atoms with Crippen molar-refractivity contribution in [3.05, 3.63) is 64.2 Å². The zero-order valence-electron chi connectivity index (χ0n) is 15.1. The second-order valence-electron chi connectivity index (χ2n) is 6.45. The van der Waals surface area contributed by atoms with Crippen LogP contribution in [-0.2, 0) is 23.1 Å². The summed E-state index contributed by atoms with van der Waals surface area (Å²) < 4.78 is 41.3. The fourth-order valence-corrected chi connectivity index (χ4v) is 4.60. The van der Waals surface area contributed by atoms with Crippen molar-refractivity contribution in [1.29, 1.82) is 0 Å². The third-order valence-electron chi connectivity index (χ3n) is 4.63. The highest BCUT2D eigenvalue weighted by atomic mass is 32.3. The number of thiol groups is 1. The van der Waals surface area contributed by atoms with E-state index < -0.39 is 10.0 Å². The second-order valence-corrected chi connectivity index (χ2v) is 9.14. The number of piperazine rings is 1. The fraction of sp³-hybridized carbons (Fsp3) is 0.389. The molecule has 1 saturated heterocycles. The maximum atomic E-state index is 13.1. The highest BCUT2D eigenvalue weighted by Gasteiger charge is 2.28. The molecule has 0 spiro atoms.